The van der Waals surface area contributed by atoms with Crippen molar-refractivity contribution in [1.82, 2.24) is 0 Å². The van der Waals surface area contributed by atoms with Crippen LogP contribution < -0.4 is 4.74 Å². The number of aromatic hydroxyl groups is 1. The minimum atomic E-state index is -0.705. The molecule has 3 heteroatoms. The molecule has 0 heterocycles. The van der Waals surface area contributed by atoms with E-state index in [4.69, 9.17) is 4.74 Å². The lowest BCUT2D eigenvalue weighted by Crippen LogP contribution is -2.29. The average Bonchev–Trinajstić information content (AvgIpc) is 2.55. The number of fused-ring (bicyclic) bond motifs is 1. The molecule has 3 rings (SSSR count). The molecule has 3 atom stereocenters. The Hall–Kier alpha value is -2.26. The Bertz CT molecular complexity index is 721. The van der Waals surface area contributed by atoms with E-state index in [0.717, 1.165) is 22.3 Å². The van der Waals surface area contributed by atoms with E-state index >= 15 is 0 Å². The Balaban J connectivity index is 2.14. The smallest absolute Gasteiger partial charge is 0.122 e. The Labute approximate surface area is 136 Å². The minimum absolute atomic E-state index is 0.0762. The fourth-order valence-corrected chi connectivity index (χ4v) is 3.59. The van der Waals surface area contributed by atoms with Crippen LogP contribution in [0.15, 0.2) is 54.6 Å². The summed E-state index contributed by atoms with van der Waals surface area (Å²) in [6.45, 7) is 6.09. The third-order valence-corrected chi connectivity index (χ3v) is 4.80. The van der Waals surface area contributed by atoms with Crippen LogP contribution in [0.3, 0.4) is 0 Å². The molecule has 1 aliphatic rings. The van der Waals surface area contributed by atoms with Gasteiger partial charge in [-0.25, -0.2) is 0 Å². The molecule has 0 saturated carbocycles. The zero-order valence-corrected chi connectivity index (χ0v) is 13.5. The van der Waals surface area contributed by atoms with Crippen molar-refractivity contribution in [2.75, 3.05) is 7.11 Å². The summed E-state index contributed by atoms with van der Waals surface area (Å²) in [7, 11) is 1.56. The van der Waals surface area contributed by atoms with Gasteiger partial charge in [-0.15, -0.1) is 0 Å². The van der Waals surface area contributed by atoms with Crippen molar-refractivity contribution in [1.29, 1.82) is 0 Å². The first-order chi connectivity index (χ1) is 11.0. The molecule has 120 valence electrons. The highest BCUT2D eigenvalue weighted by molar-refractivity contribution is 5.50. The number of benzene rings is 2. The van der Waals surface area contributed by atoms with Crippen molar-refractivity contribution in [3.63, 3.8) is 0 Å². The van der Waals surface area contributed by atoms with Crippen LogP contribution in [0.4, 0.5) is 0 Å². The van der Waals surface area contributed by atoms with Gasteiger partial charge in [-0.2, -0.15) is 0 Å². The van der Waals surface area contributed by atoms with Gasteiger partial charge in [-0.1, -0.05) is 42.5 Å². The first-order valence-corrected chi connectivity index (χ1v) is 7.81. The van der Waals surface area contributed by atoms with Gasteiger partial charge in [0.2, 0.25) is 0 Å². The summed E-state index contributed by atoms with van der Waals surface area (Å²) >= 11 is 0. The summed E-state index contributed by atoms with van der Waals surface area (Å²) in [5.41, 5.74) is 3.63. The summed E-state index contributed by atoms with van der Waals surface area (Å²) in [5.74, 6) is 0.740. The second-order valence-electron chi connectivity index (χ2n) is 6.25. The fraction of sp³-hybridized carbons (Fsp3) is 0.300. The molecule has 0 bridgehead atoms. The van der Waals surface area contributed by atoms with Gasteiger partial charge < -0.3 is 14.9 Å². The van der Waals surface area contributed by atoms with Crippen LogP contribution in [0.2, 0.25) is 0 Å². The van der Waals surface area contributed by atoms with Gasteiger partial charge >= 0.3 is 0 Å². The summed E-state index contributed by atoms with van der Waals surface area (Å²) < 4.78 is 5.24. The van der Waals surface area contributed by atoms with Crippen molar-refractivity contribution >= 4 is 0 Å². The Kier molecular flexibility index (Phi) is 4.14. The summed E-state index contributed by atoms with van der Waals surface area (Å²) in [5, 5.41) is 21.4. The number of rotatable bonds is 3. The number of hydrogen-bond donors (Lipinski definition) is 2. The van der Waals surface area contributed by atoms with E-state index in [1.165, 1.54) is 0 Å². The molecule has 3 nitrogen and oxygen atoms in total. The predicted octanol–water partition coefficient (Wildman–Crippen LogP) is 3.97. The molecule has 0 fully saturated rings. The van der Waals surface area contributed by atoms with E-state index in [-0.39, 0.29) is 17.6 Å². The molecule has 2 N–H and O–H groups in total. The van der Waals surface area contributed by atoms with Crippen molar-refractivity contribution in [3.8, 4) is 11.5 Å². The van der Waals surface area contributed by atoms with E-state index in [1.807, 2.05) is 43.3 Å². The summed E-state index contributed by atoms with van der Waals surface area (Å²) in [6, 6.07) is 13.4. The fourth-order valence-electron chi connectivity index (χ4n) is 3.59. The molecular formula is C20H22O3. The molecule has 0 amide bonds. The van der Waals surface area contributed by atoms with Gasteiger partial charge in [0.25, 0.3) is 0 Å². The van der Waals surface area contributed by atoms with Crippen molar-refractivity contribution in [2.45, 2.75) is 25.4 Å². The second kappa shape index (κ2) is 6.09. The monoisotopic (exact) mass is 310 g/mol. The number of methoxy groups -OCH3 is 1. The number of hydrogen-bond acceptors (Lipinski definition) is 3. The lowest BCUT2D eigenvalue weighted by molar-refractivity contribution is 0.110. The van der Waals surface area contributed by atoms with Crippen molar-refractivity contribution < 1.29 is 14.9 Å². The maximum Gasteiger partial charge on any atom is 0.122 e. The van der Waals surface area contributed by atoms with Crippen LogP contribution in [-0.4, -0.2) is 17.3 Å². The average molecular weight is 310 g/mol. The van der Waals surface area contributed by atoms with Crippen LogP contribution in [0.5, 0.6) is 11.5 Å². The second-order valence-corrected chi connectivity index (χ2v) is 6.25. The highest BCUT2D eigenvalue weighted by Crippen LogP contribution is 2.49. The van der Waals surface area contributed by atoms with Crippen LogP contribution in [-0.2, 0) is 6.42 Å². The van der Waals surface area contributed by atoms with E-state index < -0.39 is 6.10 Å². The van der Waals surface area contributed by atoms with Crippen molar-refractivity contribution in [3.05, 3.63) is 71.3 Å². The normalized spacial score (nSPS) is 23.2. The molecule has 1 aliphatic carbocycles. The zero-order valence-electron chi connectivity index (χ0n) is 13.5. The topological polar surface area (TPSA) is 49.7 Å². The first-order valence-electron chi connectivity index (χ1n) is 7.81. The molecule has 0 spiro atoms. The molecule has 2 aromatic carbocycles. The maximum atomic E-state index is 11.0. The lowest BCUT2D eigenvalue weighted by atomic mass is 9.68. The largest absolute Gasteiger partial charge is 0.508 e. The van der Waals surface area contributed by atoms with Crippen LogP contribution >= 0.6 is 0 Å². The molecule has 0 aromatic heterocycles. The van der Waals surface area contributed by atoms with E-state index in [0.29, 0.717) is 12.2 Å². The third-order valence-electron chi connectivity index (χ3n) is 4.80. The van der Waals surface area contributed by atoms with Gasteiger partial charge in [0.1, 0.15) is 11.5 Å². The highest BCUT2D eigenvalue weighted by Gasteiger charge is 2.38. The molecule has 0 radical (unpaired) electrons. The Morgan fingerprint density at radius 3 is 2.52 bits per heavy atom. The Morgan fingerprint density at radius 2 is 1.91 bits per heavy atom. The number of phenolic OH excluding ortho intramolecular Hbond substituents is 1. The number of aliphatic hydroxyl groups is 1. The maximum absolute atomic E-state index is 11.0. The number of aliphatic hydroxyl groups excluding tert-OH is 1. The molecule has 0 saturated heterocycles. The van der Waals surface area contributed by atoms with E-state index in [1.54, 1.807) is 13.2 Å². The van der Waals surface area contributed by atoms with Gasteiger partial charge in [0.15, 0.2) is 0 Å². The molecule has 3 unspecified atom stereocenters. The van der Waals surface area contributed by atoms with Gasteiger partial charge in [-0.3, -0.25) is 0 Å². The number of ether oxygens (including phenoxy) is 1. The molecule has 23 heavy (non-hydrogen) atoms. The van der Waals surface area contributed by atoms with Crippen molar-refractivity contribution in [2.24, 2.45) is 5.92 Å². The van der Waals surface area contributed by atoms with E-state index in [2.05, 4.69) is 6.58 Å². The predicted molar refractivity (Wildman–Crippen MR) is 90.8 cm³/mol. The van der Waals surface area contributed by atoms with E-state index in [9.17, 15) is 10.2 Å². The standard InChI is InChI=1S/C20H22O3/c1-12(2)15-11-16-17(9-14(23-3)10-18(16)21)20(22)19(15)13-7-5-4-6-8-13/h4-10,15,19-22H,1,11H2,2-3H3. The third kappa shape index (κ3) is 2.73. The quantitative estimate of drug-likeness (QED) is 0.844. The minimum Gasteiger partial charge on any atom is -0.508 e. The van der Waals surface area contributed by atoms with Crippen LogP contribution in [0.25, 0.3) is 0 Å². The van der Waals surface area contributed by atoms with Gasteiger partial charge in [-0.05, 0) is 36.5 Å². The molecule has 0 aliphatic heterocycles. The lowest BCUT2D eigenvalue weighted by Gasteiger charge is -2.38. The zero-order chi connectivity index (χ0) is 16.6. The Morgan fingerprint density at radius 1 is 1.22 bits per heavy atom. The summed E-state index contributed by atoms with van der Waals surface area (Å²) in [4.78, 5) is 0. The van der Waals surface area contributed by atoms with Gasteiger partial charge in [0.05, 0.1) is 13.2 Å². The van der Waals surface area contributed by atoms with Gasteiger partial charge in [0, 0.05) is 17.5 Å². The SMILES string of the molecule is C=C(C)C1Cc2c(O)cc(OC)cc2C(O)C1c1ccccc1. The highest BCUT2D eigenvalue weighted by atomic mass is 16.5. The molecular weight excluding hydrogens is 288 g/mol. The van der Waals surface area contributed by atoms with Crippen LogP contribution in [0, 0.1) is 5.92 Å². The van der Waals surface area contributed by atoms with Crippen LogP contribution in [0.1, 0.15) is 35.6 Å². The first kappa shape index (κ1) is 15.6. The number of allylic oxidation sites excluding steroid dienone is 1. The molecule has 2 aromatic rings. The number of phenols is 1. The summed E-state index contributed by atoms with van der Waals surface area (Å²) in [6.07, 6.45) is -0.0410.